The Morgan fingerprint density at radius 3 is 2.27 bits per heavy atom. The molecule has 3 atom stereocenters. The van der Waals surface area contributed by atoms with Crippen molar-refractivity contribution in [1.82, 2.24) is 10.2 Å². The van der Waals surface area contributed by atoms with E-state index in [2.05, 4.69) is 5.32 Å². The highest BCUT2D eigenvalue weighted by Gasteiger charge is 2.35. The normalized spacial score (nSPS) is 22.5. The Labute approximate surface area is 154 Å². The van der Waals surface area contributed by atoms with Crippen LogP contribution in [-0.4, -0.2) is 48.6 Å². The fourth-order valence-electron chi connectivity index (χ4n) is 3.01. The van der Waals surface area contributed by atoms with E-state index in [1.807, 2.05) is 30.9 Å². The maximum Gasteiger partial charge on any atom is 0.254 e. The molecule has 1 N–H and O–H groups in total. The molecule has 1 aromatic carbocycles. The maximum absolute atomic E-state index is 13.1. The minimum Gasteiger partial charge on any atom is -0.372 e. The third-order valence-corrected chi connectivity index (χ3v) is 5.20. The highest BCUT2D eigenvalue weighted by molar-refractivity contribution is 5.94. The Morgan fingerprint density at radius 1 is 1.23 bits per heavy atom. The fraction of sp³-hybridized carbons (Fsp3) is 0.650. The molecule has 6 heteroatoms. The predicted molar refractivity (Wildman–Crippen MR) is 98.4 cm³/mol. The largest absolute Gasteiger partial charge is 0.372 e. The quantitative estimate of drug-likeness (QED) is 0.832. The molecule has 1 aromatic rings. The molecule has 3 unspecified atom stereocenters. The Bertz CT molecular complexity index is 594. The second-order valence-corrected chi connectivity index (χ2v) is 7.89. The zero-order valence-corrected chi connectivity index (χ0v) is 16.3. The molecule has 1 aliphatic heterocycles. The standard InChI is InChI=1S/C20H30F2N2O2/c1-13-11-24(12-14(2)26-13)18(25)17-8-6-16(7-9-17)10-23-15(3)20(4,5)19(21)22/h6-9,13-15,19,23H,10-12H2,1-5H3. The highest BCUT2D eigenvalue weighted by atomic mass is 19.3. The van der Waals surface area contributed by atoms with Crippen molar-refractivity contribution in [3.63, 3.8) is 0 Å². The van der Waals surface area contributed by atoms with Crippen LogP contribution in [0.5, 0.6) is 0 Å². The molecule has 0 radical (unpaired) electrons. The number of hydrogen-bond donors (Lipinski definition) is 1. The number of nitrogens with one attached hydrogen (secondary N) is 1. The van der Waals surface area contributed by atoms with Crippen molar-refractivity contribution in [3.8, 4) is 0 Å². The minimum absolute atomic E-state index is 0.00119. The molecule has 1 amide bonds. The van der Waals surface area contributed by atoms with E-state index in [-0.39, 0.29) is 24.2 Å². The van der Waals surface area contributed by atoms with Crippen molar-refractivity contribution in [2.45, 2.75) is 65.8 Å². The SMILES string of the molecule is CC1CN(C(=O)c2ccc(CNC(C)C(C)(C)C(F)F)cc2)CC(C)O1. The Morgan fingerprint density at radius 2 is 1.77 bits per heavy atom. The third kappa shape index (κ3) is 5.01. The lowest BCUT2D eigenvalue weighted by atomic mass is 9.86. The van der Waals surface area contributed by atoms with Crippen molar-refractivity contribution in [2.24, 2.45) is 5.41 Å². The molecule has 1 saturated heterocycles. The second-order valence-electron chi connectivity index (χ2n) is 7.89. The lowest BCUT2D eigenvalue weighted by Crippen LogP contribution is -2.48. The van der Waals surface area contributed by atoms with Gasteiger partial charge in [0.15, 0.2) is 0 Å². The summed E-state index contributed by atoms with van der Waals surface area (Å²) in [7, 11) is 0. The van der Waals surface area contributed by atoms with Crippen LogP contribution in [0.15, 0.2) is 24.3 Å². The predicted octanol–water partition coefficient (Wildman–Crippen LogP) is 3.71. The van der Waals surface area contributed by atoms with Gasteiger partial charge in [-0.25, -0.2) is 8.78 Å². The van der Waals surface area contributed by atoms with Gasteiger partial charge >= 0.3 is 0 Å². The molecule has 0 aromatic heterocycles. The van der Waals surface area contributed by atoms with Gasteiger partial charge in [0.25, 0.3) is 5.91 Å². The molecule has 0 bridgehead atoms. The van der Waals surface area contributed by atoms with Gasteiger partial charge in [-0.2, -0.15) is 0 Å². The number of halogens is 2. The summed E-state index contributed by atoms with van der Waals surface area (Å²) < 4.78 is 31.8. The lowest BCUT2D eigenvalue weighted by Gasteiger charge is -2.35. The van der Waals surface area contributed by atoms with Crippen LogP contribution >= 0.6 is 0 Å². The van der Waals surface area contributed by atoms with Gasteiger partial charge in [0, 0.05) is 36.7 Å². The van der Waals surface area contributed by atoms with Gasteiger partial charge in [-0.3, -0.25) is 4.79 Å². The molecule has 1 aliphatic rings. The summed E-state index contributed by atoms with van der Waals surface area (Å²) in [4.78, 5) is 14.5. The first kappa shape index (κ1) is 20.8. The minimum atomic E-state index is -2.39. The smallest absolute Gasteiger partial charge is 0.254 e. The Balaban J connectivity index is 1.94. The highest BCUT2D eigenvalue weighted by Crippen LogP contribution is 2.29. The summed E-state index contributed by atoms with van der Waals surface area (Å²) in [5, 5.41) is 3.15. The average Bonchev–Trinajstić information content (AvgIpc) is 2.58. The van der Waals surface area contributed by atoms with E-state index in [4.69, 9.17) is 4.74 Å². The zero-order valence-electron chi connectivity index (χ0n) is 16.3. The first-order valence-corrected chi connectivity index (χ1v) is 9.16. The topological polar surface area (TPSA) is 41.6 Å². The van der Waals surface area contributed by atoms with Crippen LogP contribution in [0, 0.1) is 5.41 Å². The number of rotatable bonds is 6. The molecule has 26 heavy (non-hydrogen) atoms. The zero-order chi connectivity index (χ0) is 19.5. The van der Waals surface area contributed by atoms with E-state index >= 15 is 0 Å². The average molecular weight is 368 g/mol. The molecule has 0 aliphatic carbocycles. The van der Waals surface area contributed by atoms with Crippen molar-refractivity contribution < 1.29 is 18.3 Å². The number of alkyl halides is 2. The lowest BCUT2D eigenvalue weighted by molar-refractivity contribution is -0.0586. The van der Waals surface area contributed by atoms with Crippen LogP contribution in [0.1, 0.15) is 50.5 Å². The third-order valence-electron chi connectivity index (χ3n) is 5.20. The van der Waals surface area contributed by atoms with Gasteiger partial charge in [0.05, 0.1) is 12.2 Å². The van der Waals surface area contributed by atoms with Crippen molar-refractivity contribution in [2.75, 3.05) is 13.1 Å². The molecular weight excluding hydrogens is 338 g/mol. The van der Waals surface area contributed by atoms with Crippen LogP contribution in [0.2, 0.25) is 0 Å². The van der Waals surface area contributed by atoms with Crippen LogP contribution < -0.4 is 5.32 Å². The van der Waals surface area contributed by atoms with E-state index in [9.17, 15) is 13.6 Å². The number of carbonyl (C=O) groups is 1. The monoisotopic (exact) mass is 368 g/mol. The van der Waals surface area contributed by atoms with Crippen LogP contribution in [0.3, 0.4) is 0 Å². The Kier molecular flexibility index (Phi) is 6.74. The van der Waals surface area contributed by atoms with E-state index in [1.54, 1.807) is 32.9 Å². The Hall–Kier alpha value is -1.53. The van der Waals surface area contributed by atoms with Gasteiger partial charge < -0.3 is 15.0 Å². The number of nitrogens with zero attached hydrogens (tertiary/aromatic N) is 1. The van der Waals surface area contributed by atoms with Crippen molar-refractivity contribution in [3.05, 3.63) is 35.4 Å². The molecule has 1 heterocycles. The first-order chi connectivity index (χ1) is 12.1. The number of morpholine rings is 1. The number of benzene rings is 1. The molecule has 146 valence electrons. The van der Waals surface area contributed by atoms with Crippen molar-refractivity contribution >= 4 is 5.91 Å². The van der Waals surface area contributed by atoms with Crippen LogP contribution in [0.25, 0.3) is 0 Å². The number of carbonyl (C=O) groups excluding carboxylic acids is 1. The maximum atomic E-state index is 13.1. The molecule has 4 nitrogen and oxygen atoms in total. The molecular formula is C20H30F2N2O2. The summed E-state index contributed by atoms with van der Waals surface area (Å²) in [6.07, 6.45) is -2.32. The van der Waals surface area contributed by atoms with Crippen LogP contribution in [0.4, 0.5) is 8.78 Å². The molecule has 1 fully saturated rings. The summed E-state index contributed by atoms with van der Waals surface area (Å²) in [6, 6.07) is 7.01. The van der Waals surface area contributed by atoms with Crippen LogP contribution in [-0.2, 0) is 11.3 Å². The summed E-state index contributed by atoms with van der Waals surface area (Å²) >= 11 is 0. The number of ether oxygens (including phenoxy) is 1. The van der Waals surface area contributed by atoms with Crippen molar-refractivity contribution in [1.29, 1.82) is 0 Å². The van der Waals surface area contributed by atoms with Gasteiger partial charge in [-0.15, -0.1) is 0 Å². The second kappa shape index (κ2) is 8.44. The molecule has 2 rings (SSSR count). The summed E-state index contributed by atoms with van der Waals surface area (Å²) in [5.74, 6) is -0.00119. The van der Waals surface area contributed by atoms with E-state index in [0.717, 1.165) is 5.56 Å². The van der Waals surface area contributed by atoms with E-state index in [1.165, 1.54) is 0 Å². The molecule has 0 spiro atoms. The molecule has 0 saturated carbocycles. The van der Waals surface area contributed by atoms with Gasteiger partial charge in [-0.1, -0.05) is 26.0 Å². The van der Waals surface area contributed by atoms with E-state index in [0.29, 0.717) is 25.2 Å². The number of hydrogen-bond acceptors (Lipinski definition) is 3. The van der Waals surface area contributed by atoms with Gasteiger partial charge in [0.2, 0.25) is 6.43 Å². The summed E-state index contributed by atoms with van der Waals surface area (Å²) in [6.45, 7) is 10.5. The first-order valence-electron chi connectivity index (χ1n) is 9.16. The summed E-state index contributed by atoms with van der Waals surface area (Å²) in [5.41, 5.74) is 0.498. The van der Waals surface area contributed by atoms with Gasteiger partial charge in [0.1, 0.15) is 0 Å². The van der Waals surface area contributed by atoms with E-state index < -0.39 is 11.8 Å². The van der Waals surface area contributed by atoms with Gasteiger partial charge in [-0.05, 0) is 38.5 Å². The number of amides is 1. The fourth-order valence-corrected chi connectivity index (χ4v) is 3.01.